The molecule has 0 fully saturated rings. The van der Waals surface area contributed by atoms with Crippen molar-refractivity contribution in [2.45, 2.75) is 39.7 Å². The van der Waals surface area contributed by atoms with Crippen LogP contribution in [-0.2, 0) is 9.84 Å². The molecule has 0 amide bonds. The quantitative estimate of drug-likeness (QED) is 0.643. The Morgan fingerprint density at radius 2 is 1.88 bits per heavy atom. The topological polar surface area (TPSA) is 63.4 Å². The minimum Gasteiger partial charge on any atom is -0.393 e. The van der Waals surface area contributed by atoms with Gasteiger partial charge in [0.25, 0.3) is 0 Å². The van der Waals surface area contributed by atoms with Gasteiger partial charge in [0.15, 0.2) is 9.84 Å². The van der Waals surface area contributed by atoms with Crippen LogP contribution in [0.4, 0.5) is 0 Å². The summed E-state index contributed by atoms with van der Waals surface area (Å²) >= 11 is 4.83. The highest BCUT2D eigenvalue weighted by Crippen LogP contribution is 2.02. The van der Waals surface area contributed by atoms with Gasteiger partial charge in [0.05, 0.1) is 10.7 Å². The summed E-state index contributed by atoms with van der Waals surface area (Å²) in [7, 11) is -2.90. The minimum absolute atomic E-state index is 0.219. The highest BCUT2D eigenvalue weighted by atomic mass is 32.2. The normalized spacial score (nSPS) is 12.3. The van der Waals surface area contributed by atoms with Crippen LogP contribution in [0.5, 0.6) is 0 Å². The Balaban J connectivity index is 4.22. The number of nitrogens with two attached hydrogens (primary N) is 1. The van der Waals surface area contributed by atoms with Gasteiger partial charge >= 0.3 is 0 Å². The zero-order valence-electron chi connectivity index (χ0n) is 11.0. The van der Waals surface area contributed by atoms with Crippen molar-refractivity contribution in [1.29, 1.82) is 0 Å². The van der Waals surface area contributed by atoms with E-state index in [0.717, 1.165) is 6.54 Å². The van der Waals surface area contributed by atoms with E-state index in [1.165, 1.54) is 0 Å². The zero-order valence-corrected chi connectivity index (χ0v) is 12.6. The van der Waals surface area contributed by atoms with Gasteiger partial charge in [-0.15, -0.1) is 0 Å². The summed E-state index contributed by atoms with van der Waals surface area (Å²) in [6.07, 6.45) is 1.32. The SMILES string of the molecule is CCCS(=O)(=O)CCN(CCC(N)=S)C(C)C. The Kier molecular flexibility index (Phi) is 7.91. The number of hydrogen-bond acceptors (Lipinski definition) is 4. The fourth-order valence-electron chi connectivity index (χ4n) is 1.55. The van der Waals surface area contributed by atoms with Gasteiger partial charge < -0.3 is 5.73 Å². The molecular formula is C11H24N2O2S2. The molecule has 6 heteroatoms. The summed E-state index contributed by atoms with van der Waals surface area (Å²) in [6.45, 7) is 7.26. The molecule has 4 nitrogen and oxygen atoms in total. The number of sulfone groups is 1. The third kappa shape index (κ3) is 8.51. The molecule has 0 atom stereocenters. The second kappa shape index (κ2) is 8.00. The van der Waals surface area contributed by atoms with Gasteiger partial charge in [0.1, 0.15) is 0 Å². The smallest absolute Gasteiger partial charge is 0.151 e. The number of rotatable bonds is 9. The van der Waals surface area contributed by atoms with Gasteiger partial charge in [-0.1, -0.05) is 19.1 Å². The molecule has 0 aliphatic heterocycles. The molecule has 17 heavy (non-hydrogen) atoms. The van der Waals surface area contributed by atoms with E-state index in [9.17, 15) is 8.42 Å². The van der Waals surface area contributed by atoms with Crippen molar-refractivity contribution >= 4 is 27.0 Å². The monoisotopic (exact) mass is 280 g/mol. The third-order valence-electron chi connectivity index (χ3n) is 2.58. The van der Waals surface area contributed by atoms with Gasteiger partial charge in [0.2, 0.25) is 0 Å². The number of thiocarbonyl (C=S) groups is 1. The maximum atomic E-state index is 11.6. The summed E-state index contributed by atoms with van der Waals surface area (Å²) in [5.41, 5.74) is 5.46. The molecule has 102 valence electrons. The van der Waals surface area contributed by atoms with Crippen molar-refractivity contribution in [1.82, 2.24) is 4.90 Å². The zero-order chi connectivity index (χ0) is 13.5. The summed E-state index contributed by atoms with van der Waals surface area (Å²) in [5, 5.41) is 0. The molecule has 0 rings (SSSR count). The Bertz CT molecular complexity index is 326. The molecule has 0 aliphatic rings. The lowest BCUT2D eigenvalue weighted by Crippen LogP contribution is -2.37. The predicted octanol–water partition coefficient (Wildman–Crippen LogP) is 1.20. The van der Waals surface area contributed by atoms with E-state index in [2.05, 4.69) is 4.90 Å². The first-order chi connectivity index (χ1) is 7.78. The fraction of sp³-hybridized carbons (Fsp3) is 0.909. The van der Waals surface area contributed by atoms with Crippen LogP contribution in [0.3, 0.4) is 0 Å². The van der Waals surface area contributed by atoms with E-state index in [1.807, 2.05) is 20.8 Å². The number of nitrogens with zero attached hydrogens (tertiary/aromatic N) is 1. The second-order valence-corrected chi connectivity index (χ2v) is 7.33. The van der Waals surface area contributed by atoms with Crippen LogP contribution in [-0.4, -0.2) is 48.9 Å². The van der Waals surface area contributed by atoms with Gasteiger partial charge in [-0.05, 0) is 20.3 Å². The van der Waals surface area contributed by atoms with Crippen LogP contribution in [0, 0.1) is 0 Å². The predicted molar refractivity (Wildman–Crippen MR) is 77.1 cm³/mol. The summed E-state index contributed by atoms with van der Waals surface area (Å²) in [6, 6.07) is 0.307. The molecule has 0 heterocycles. The number of hydrogen-bond donors (Lipinski definition) is 1. The van der Waals surface area contributed by atoms with Crippen molar-refractivity contribution in [3.63, 3.8) is 0 Å². The molecule has 0 aromatic carbocycles. The van der Waals surface area contributed by atoms with Gasteiger partial charge in [0, 0.05) is 31.3 Å². The summed E-state index contributed by atoms with van der Waals surface area (Å²) in [4.78, 5) is 2.58. The minimum atomic E-state index is -2.90. The van der Waals surface area contributed by atoms with Crippen LogP contribution < -0.4 is 5.73 Å². The largest absolute Gasteiger partial charge is 0.393 e. The molecule has 2 N–H and O–H groups in total. The van der Waals surface area contributed by atoms with Gasteiger partial charge in [-0.3, -0.25) is 4.90 Å². The van der Waals surface area contributed by atoms with Crippen molar-refractivity contribution in [2.75, 3.05) is 24.6 Å². The lowest BCUT2D eigenvalue weighted by Gasteiger charge is -2.26. The maximum absolute atomic E-state index is 11.6. The van der Waals surface area contributed by atoms with Crippen molar-refractivity contribution in [3.05, 3.63) is 0 Å². The fourth-order valence-corrected chi connectivity index (χ4v) is 2.98. The van der Waals surface area contributed by atoms with E-state index in [-0.39, 0.29) is 11.5 Å². The van der Waals surface area contributed by atoms with E-state index in [1.54, 1.807) is 0 Å². The molecular weight excluding hydrogens is 256 g/mol. The Hall–Kier alpha value is -0.200. The second-order valence-electron chi connectivity index (χ2n) is 4.50. The van der Waals surface area contributed by atoms with Crippen LogP contribution in [0.1, 0.15) is 33.6 Å². The van der Waals surface area contributed by atoms with Crippen LogP contribution in [0.15, 0.2) is 0 Å². The molecule has 0 saturated heterocycles. The van der Waals surface area contributed by atoms with Crippen molar-refractivity contribution < 1.29 is 8.42 Å². The molecule has 0 aromatic rings. The van der Waals surface area contributed by atoms with Crippen LogP contribution >= 0.6 is 12.2 Å². The highest BCUT2D eigenvalue weighted by Gasteiger charge is 2.15. The first kappa shape index (κ1) is 16.8. The molecule has 0 spiro atoms. The van der Waals surface area contributed by atoms with E-state index < -0.39 is 9.84 Å². The van der Waals surface area contributed by atoms with Crippen LogP contribution in [0.25, 0.3) is 0 Å². The van der Waals surface area contributed by atoms with E-state index >= 15 is 0 Å². The average Bonchev–Trinajstić information content (AvgIpc) is 2.16. The van der Waals surface area contributed by atoms with Crippen molar-refractivity contribution in [3.8, 4) is 0 Å². The lowest BCUT2D eigenvalue weighted by molar-refractivity contribution is 0.241. The molecule has 0 radical (unpaired) electrons. The maximum Gasteiger partial charge on any atom is 0.151 e. The Labute approximate surface area is 110 Å². The first-order valence-corrected chi connectivity index (χ1v) is 8.24. The molecule has 0 aliphatic carbocycles. The summed E-state index contributed by atoms with van der Waals surface area (Å²) in [5.74, 6) is 0.491. The molecule has 0 saturated carbocycles. The lowest BCUT2D eigenvalue weighted by atomic mass is 10.3. The van der Waals surface area contributed by atoms with Crippen LogP contribution in [0.2, 0.25) is 0 Å². The van der Waals surface area contributed by atoms with E-state index in [4.69, 9.17) is 18.0 Å². The molecule has 0 unspecified atom stereocenters. The third-order valence-corrected chi connectivity index (χ3v) is 4.62. The van der Waals surface area contributed by atoms with Crippen molar-refractivity contribution in [2.24, 2.45) is 5.73 Å². The van der Waals surface area contributed by atoms with Gasteiger partial charge in [-0.2, -0.15) is 0 Å². The standard InChI is InChI=1S/C11H24N2O2S2/c1-4-8-17(14,15)9-7-13(10(2)3)6-5-11(12)16/h10H,4-9H2,1-3H3,(H2,12,16). The highest BCUT2D eigenvalue weighted by molar-refractivity contribution is 7.91. The Morgan fingerprint density at radius 1 is 1.29 bits per heavy atom. The Morgan fingerprint density at radius 3 is 2.29 bits per heavy atom. The first-order valence-electron chi connectivity index (χ1n) is 6.01. The average molecular weight is 280 g/mol. The molecule has 0 aromatic heterocycles. The molecule has 0 bridgehead atoms. The van der Waals surface area contributed by atoms with Gasteiger partial charge in [-0.25, -0.2) is 8.42 Å². The van der Waals surface area contributed by atoms with E-state index in [0.29, 0.717) is 30.4 Å². The summed E-state index contributed by atoms with van der Waals surface area (Å²) < 4.78 is 23.2.